The Morgan fingerprint density at radius 3 is 2.70 bits per heavy atom. The Balaban J connectivity index is 2.33. The quantitative estimate of drug-likeness (QED) is 0.489. The molecule has 9 nitrogen and oxygen atoms in total. The minimum atomic E-state index is -0.967. The second kappa shape index (κ2) is 6.77. The second-order valence-corrected chi connectivity index (χ2v) is 4.72. The smallest absolute Gasteiger partial charge is 0.407 e. The van der Waals surface area contributed by atoms with Gasteiger partial charge in [0.1, 0.15) is 6.04 Å². The fraction of sp³-hybridized carbons (Fsp3) is 0.286. The van der Waals surface area contributed by atoms with Gasteiger partial charge in [0.25, 0.3) is 5.69 Å². The summed E-state index contributed by atoms with van der Waals surface area (Å²) in [5.74, 6) is -0.643. The van der Waals surface area contributed by atoms with E-state index in [2.05, 4.69) is 19.8 Å². The minimum Gasteiger partial charge on any atom is -0.467 e. The molecule has 0 radical (unpaired) electrons. The van der Waals surface area contributed by atoms with Gasteiger partial charge in [-0.3, -0.25) is 10.1 Å². The van der Waals surface area contributed by atoms with Crippen molar-refractivity contribution in [1.29, 1.82) is 0 Å². The summed E-state index contributed by atoms with van der Waals surface area (Å²) in [7, 11) is 2.38. The van der Waals surface area contributed by atoms with E-state index in [1.54, 1.807) is 12.3 Å². The number of hydrogen-bond acceptors (Lipinski definition) is 6. The number of amides is 1. The topological polar surface area (TPSA) is 124 Å². The molecular formula is C14H15N3O6. The minimum absolute atomic E-state index is 0.0612. The maximum Gasteiger partial charge on any atom is 0.407 e. The molecule has 9 heteroatoms. The molecule has 122 valence electrons. The number of hydrogen-bond donors (Lipinski definition) is 2. The fourth-order valence-corrected chi connectivity index (χ4v) is 2.21. The van der Waals surface area contributed by atoms with E-state index in [1.165, 1.54) is 26.4 Å². The Morgan fingerprint density at radius 1 is 1.35 bits per heavy atom. The van der Waals surface area contributed by atoms with Gasteiger partial charge in [0.05, 0.1) is 19.1 Å². The molecule has 1 amide bonds. The summed E-state index contributed by atoms with van der Waals surface area (Å²) in [6.45, 7) is 0. The molecule has 2 aromatic rings. The van der Waals surface area contributed by atoms with Crippen molar-refractivity contribution in [1.82, 2.24) is 10.3 Å². The van der Waals surface area contributed by atoms with Crippen molar-refractivity contribution in [2.45, 2.75) is 12.5 Å². The normalized spacial score (nSPS) is 11.7. The molecular weight excluding hydrogens is 306 g/mol. The van der Waals surface area contributed by atoms with Gasteiger partial charge in [-0.1, -0.05) is 0 Å². The fourth-order valence-electron chi connectivity index (χ4n) is 2.21. The number of nitro benzene ring substituents is 1. The maximum absolute atomic E-state index is 11.8. The lowest BCUT2D eigenvalue weighted by Gasteiger charge is -2.15. The Labute approximate surface area is 130 Å². The number of nitrogens with one attached hydrogen (secondary N) is 2. The number of methoxy groups -OCH3 is 2. The largest absolute Gasteiger partial charge is 0.467 e. The number of alkyl carbamates (subject to hydrolysis) is 1. The molecule has 1 aromatic heterocycles. The lowest BCUT2D eigenvalue weighted by atomic mass is 10.0. The molecule has 1 aromatic carbocycles. The lowest BCUT2D eigenvalue weighted by molar-refractivity contribution is -0.384. The first kappa shape index (κ1) is 16.3. The lowest BCUT2D eigenvalue weighted by Crippen LogP contribution is -2.42. The monoisotopic (exact) mass is 321 g/mol. The van der Waals surface area contributed by atoms with Crippen LogP contribution in [0, 0.1) is 10.1 Å². The Bertz CT molecular complexity index is 754. The van der Waals surface area contributed by atoms with Crippen LogP contribution >= 0.6 is 0 Å². The summed E-state index contributed by atoms with van der Waals surface area (Å²) in [4.78, 5) is 36.5. The number of ether oxygens (including phenoxy) is 2. The highest BCUT2D eigenvalue weighted by atomic mass is 16.6. The van der Waals surface area contributed by atoms with E-state index in [4.69, 9.17) is 0 Å². The third kappa shape index (κ3) is 3.57. The van der Waals surface area contributed by atoms with Gasteiger partial charge in [-0.2, -0.15) is 0 Å². The molecule has 0 saturated carbocycles. The van der Waals surface area contributed by atoms with E-state index in [0.717, 1.165) is 0 Å². The van der Waals surface area contributed by atoms with Crippen LogP contribution in [-0.2, 0) is 20.7 Å². The van der Waals surface area contributed by atoms with Gasteiger partial charge in [-0.05, 0) is 11.6 Å². The number of aromatic amines is 1. The number of nitro groups is 1. The first-order valence-corrected chi connectivity index (χ1v) is 6.63. The predicted molar refractivity (Wildman–Crippen MR) is 80.0 cm³/mol. The van der Waals surface area contributed by atoms with Crippen LogP contribution in [0.25, 0.3) is 10.9 Å². The molecule has 2 N–H and O–H groups in total. The average Bonchev–Trinajstić information content (AvgIpc) is 2.95. The van der Waals surface area contributed by atoms with E-state index in [-0.39, 0.29) is 12.1 Å². The summed E-state index contributed by atoms with van der Waals surface area (Å²) in [6, 6.07) is 3.41. The van der Waals surface area contributed by atoms with Crippen LogP contribution < -0.4 is 5.32 Å². The summed E-state index contributed by atoms with van der Waals surface area (Å²) >= 11 is 0. The zero-order valence-electron chi connectivity index (χ0n) is 12.5. The number of H-pyrrole nitrogens is 1. The molecule has 0 aliphatic heterocycles. The number of nitrogens with zero attached hydrogens (tertiary/aromatic N) is 1. The second-order valence-electron chi connectivity index (χ2n) is 4.72. The van der Waals surface area contributed by atoms with Gasteiger partial charge < -0.3 is 19.8 Å². The van der Waals surface area contributed by atoms with Crippen LogP contribution in [0.3, 0.4) is 0 Å². The van der Waals surface area contributed by atoms with Gasteiger partial charge in [0.2, 0.25) is 0 Å². The van der Waals surface area contributed by atoms with Crippen LogP contribution in [0.1, 0.15) is 5.56 Å². The van der Waals surface area contributed by atoms with Crippen molar-refractivity contribution >= 4 is 28.7 Å². The summed E-state index contributed by atoms with van der Waals surface area (Å²) in [6.07, 6.45) is 0.956. The SMILES string of the molecule is COC(=O)N[C@@H](Cc1c[nH]c2ccc([N+](=O)[O-])cc12)C(=O)OC. The highest BCUT2D eigenvalue weighted by molar-refractivity contribution is 5.87. The van der Waals surface area contributed by atoms with Crippen molar-refractivity contribution in [3.05, 3.63) is 40.1 Å². The molecule has 1 heterocycles. The van der Waals surface area contributed by atoms with Gasteiger partial charge in [0.15, 0.2) is 0 Å². The Hall–Kier alpha value is -3.10. The molecule has 0 spiro atoms. The number of aromatic nitrogens is 1. The molecule has 0 bridgehead atoms. The third-order valence-electron chi connectivity index (χ3n) is 3.35. The van der Waals surface area contributed by atoms with Gasteiger partial charge in [0, 0.05) is 35.7 Å². The summed E-state index contributed by atoms with van der Waals surface area (Å²) in [5.41, 5.74) is 1.26. The molecule has 0 fully saturated rings. The number of rotatable bonds is 5. The van der Waals surface area contributed by atoms with E-state index in [9.17, 15) is 19.7 Å². The van der Waals surface area contributed by atoms with Crippen molar-refractivity contribution in [2.24, 2.45) is 0 Å². The Kier molecular flexibility index (Phi) is 4.79. The van der Waals surface area contributed by atoms with Crippen molar-refractivity contribution in [3.8, 4) is 0 Å². The van der Waals surface area contributed by atoms with Crippen molar-refractivity contribution in [2.75, 3.05) is 14.2 Å². The zero-order valence-corrected chi connectivity index (χ0v) is 12.5. The molecule has 0 aliphatic carbocycles. The van der Waals surface area contributed by atoms with Gasteiger partial charge in [-0.15, -0.1) is 0 Å². The first-order chi connectivity index (χ1) is 11.0. The van der Waals surface area contributed by atoms with E-state index in [0.29, 0.717) is 16.5 Å². The third-order valence-corrected chi connectivity index (χ3v) is 3.35. The summed E-state index contributed by atoms with van der Waals surface area (Å²) < 4.78 is 9.13. The van der Waals surface area contributed by atoms with Gasteiger partial charge in [-0.25, -0.2) is 9.59 Å². The Morgan fingerprint density at radius 2 is 2.09 bits per heavy atom. The number of non-ortho nitro benzene ring substituents is 1. The molecule has 1 atom stereocenters. The highest BCUT2D eigenvalue weighted by Crippen LogP contribution is 2.24. The molecule has 23 heavy (non-hydrogen) atoms. The van der Waals surface area contributed by atoms with Crippen LogP contribution in [0.4, 0.5) is 10.5 Å². The molecule has 2 rings (SSSR count). The number of benzene rings is 1. The average molecular weight is 321 g/mol. The molecule has 0 unspecified atom stereocenters. The van der Waals surface area contributed by atoms with Crippen LogP contribution in [0.15, 0.2) is 24.4 Å². The number of esters is 1. The molecule has 0 saturated heterocycles. The summed E-state index contributed by atoms with van der Waals surface area (Å²) in [5, 5.41) is 13.9. The van der Waals surface area contributed by atoms with E-state index in [1.807, 2.05) is 0 Å². The van der Waals surface area contributed by atoms with Crippen molar-refractivity contribution in [3.63, 3.8) is 0 Å². The first-order valence-electron chi connectivity index (χ1n) is 6.63. The van der Waals surface area contributed by atoms with E-state index >= 15 is 0 Å². The zero-order chi connectivity index (χ0) is 17.0. The van der Waals surface area contributed by atoms with Crippen LogP contribution in [0.2, 0.25) is 0 Å². The highest BCUT2D eigenvalue weighted by Gasteiger charge is 2.24. The van der Waals surface area contributed by atoms with Crippen molar-refractivity contribution < 1.29 is 24.0 Å². The number of carbonyl (C=O) groups excluding carboxylic acids is 2. The van der Waals surface area contributed by atoms with Crippen LogP contribution in [-0.4, -0.2) is 42.2 Å². The maximum atomic E-state index is 11.8. The predicted octanol–water partition coefficient (Wildman–Crippen LogP) is 1.52. The van der Waals surface area contributed by atoms with Gasteiger partial charge >= 0.3 is 12.1 Å². The van der Waals surface area contributed by atoms with E-state index < -0.39 is 23.0 Å². The molecule has 0 aliphatic rings. The number of fused-ring (bicyclic) bond motifs is 1. The number of carbonyl (C=O) groups is 2. The van der Waals surface area contributed by atoms with Crippen LogP contribution in [0.5, 0.6) is 0 Å². The standard InChI is InChI=1S/C14H15N3O6/c1-22-13(18)12(16-14(19)23-2)5-8-7-15-11-4-3-9(17(20)21)6-10(8)11/h3-4,6-7,12,15H,5H2,1-2H3,(H,16,19)/t12-/m0/s1.